The first-order valence-electron chi connectivity index (χ1n) is 42.2. The van der Waals surface area contributed by atoms with Crippen molar-refractivity contribution in [2.75, 3.05) is 125 Å². The molecule has 8 fully saturated rings. The number of urea groups is 4. The van der Waals surface area contributed by atoms with Gasteiger partial charge < -0.3 is 80.2 Å². The standard InChI is InChI=1S/2C26H31FN4O4.2C19H25FN4O4/c2*1-18-15-30(11-12-31(18)22-10-6-9-21(27)13-22)23(32)20(14-26(2)24(33)28-25(34)29-26)17-35-16-19-7-4-3-5-8-19;2*1-12-10-23(6-7-24(12)15-5-3-4-14(20)8-15)16(26)13(11-25)9-19(2)17(27)21-18(28)22-19/h2*3-10,13,18,20H,11-12,14-17H2,1-2H3,(H2,28,29,33,34);2*3-5,8,12-13,25H,6-7,9-11H2,1-2H3,(H2,21,22,27,28)/t18-,20+,26+;18-,20-,26-;12-,13+,19+;12-,13-,19-/m0000/s1. The lowest BCUT2D eigenvalue weighted by molar-refractivity contribution is -0.141. The van der Waals surface area contributed by atoms with Gasteiger partial charge in [0.05, 0.1) is 63.3 Å². The van der Waals surface area contributed by atoms with Crippen LogP contribution in [0.5, 0.6) is 0 Å². The molecule has 6 aromatic carbocycles. The van der Waals surface area contributed by atoms with E-state index >= 15 is 0 Å². The van der Waals surface area contributed by atoms with Gasteiger partial charge in [0.25, 0.3) is 23.6 Å². The Labute approximate surface area is 728 Å². The quantitative estimate of drug-likeness (QED) is 0.0211. The third-order valence-corrected chi connectivity index (χ3v) is 24.1. The molecule has 8 saturated heterocycles. The summed E-state index contributed by atoms with van der Waals surface area (Å²) in [6.07, 6.45) is 0.268. The first-order chi connectivity index (χ1) is 60.0. The Morgan fingerprint density at radius 3 is 0.786 bits per heavy atom. The van der Waals surface area contributed by atoms with E-state index in [1.807, 2.05) is 122 Å². The van der Waals surface area contributed by atoms with Crippen LogP contribution >= 0.6 is 0 Å². The van der Waals surface area contributed by atoms with Crippen molar-refractivity contribution in [3.63, 3.8) is 0 Å². The Hall–Kier alpha value is -12.3. The fraction of sp³-hybridized carbons (Fsp3) is 0.467. The van der Waals surface area contributed by atoms with E-state index in [0.29, 0.717) is 91.8 Å². The molecule has 0 bridgehead atoms. The van der Waals surface area contributed by atoms with Crippen LogP contribution in [0.15, 0.2) is 158 Å². The number of ether oxygens (including phenoxy) is 2. The van der Waals surface area contributed by atoms with Crippen LogP contribution in [0.3, 0.4) is 0 Å². The fourth-order valence-electron chi connectivity index (χ4n) is 17.4. The molecule has 16 amide bonds. The van der Waals surface area contributed by atoms with Gasteiger partial charge in [0.2, 0.25) is 23.6 Å². The Balaban J connectivity index is 0.000000164. The molecule has 0 radical (unpaired) electrons. The second-order valence-electron chi connectivity index (χ2n) is 34.2. The summed E-state index contributed by atoms with van der Waals surface area (Å²) in [6.45, 7) is 20.0. The molecular formula is C90H112F4N16O16. The van der Waals surface area contributed by atoms with Crippen LogP contribution in [0.2, 0.25) is 0 Å². The van der Waals surface area contributed by atoms with Gasteiger partial charge in [-0.3, -0.25) is 59.6 Å². The Kier molecular flexibility index (Phi) is 31.2. The van der Waals surface area contributed by atoms with Crippen LogP contribution in [0.4, 0.5) is 59.5 Å². The van der Waals surface area contributed by atoms with Gasteiger partial charge in [0.15, 0.2) is 0 Å². The number of hydrogen-bond acceptors (Lipinski definition) is 20. The number of hydrogen-bond donors (Lipinski definition) is 10. The average Bonchev–Trinajstić information content (AvgIpc) is 1.59. The maximum Gasteiger partial charge on any atom is 0.322 e. The lowest BCUT2D eigenvalue weighted by atomic mass is 9.88. The highest BCUT2D eigenvalue weighted by molar-refractivity contribution is 6.09. The maximum absolute atomic E-state index is 13.7. The van der Waals surface area contributed by atoms with Crippen LogP contribution in [-0.4, -0.2) is 252 Å². The predicted octanol–water partition coefficient (Wildman–Crippen LogP) is 6.29. The number of nitrogens with one attached hydrogen (secondary N) is 8. The van der Waals surface area contributed by atoms with Crippen LogP contribution in [-0.2, 0) is 61.0 Å². The van der Waals surface area contributed by atoms with Crippen molar-refractivity contribution < 1.29 is 94.8 Å². The second-order valence-corrected chi connectivity index (χ2v) is 34.2. The van der Waals surface area contributed by atoms with Gasteiger partial charge in [0, 0.05) is 125 Å². The number of piperazine rings is 4. The van der Waals surface area contributed by atoms with Gasteiger partial charge in [-0.2, -0.15) is 0 Å². The minimum atomic E-state index is -1.23. The molecule has 8 aliphatic rings. The molecule has 12 atom stereocenters. The molecule has 126 heavy (non-hydrogen) atoms. The Bertz CT molecular complexity index is 4640. The highest BCUT2D eigenvalue weighted by Crippen LogP contribution is 2.33. The minimum Gasteiger partial charge on any atom is -0.396 e. The number of imide groups is 4. The second kappa shape index (κ2) is 41.7. The third kappa shape index (κ3) is 23.8. The smallest absolute Gasteiger partial charge is 0.322 e. The van der Waals surface area contributed by atoms with E-state index < -0.39 is 107 Å². The Morgan fingerprint density at radius 2 is 0.579 bits per heavy atom. The van der Waals surface area contributed by atoms with Crippen LogP contribution in [0.1, 0.15) is 92.2 Å². The summed E-state index contributed by atoms with van der Waals surface area (Å²) < 4.78 is 66.3. The highest BCUT2D eigenvalue weighted by Gasteiger charge is 2.50. The van der Waals surface area contributed by atoms with Crippen molar-refractivity contribution in [1.82, 2.24) is 62.1 Å². The number of anilines is 4. The Morgan fingerprint density at radius 1 is 0.349 bits per heavy atom. The summed E-state index contributed by atoms with van der Waals surface area (Å²) >= 11 is 0. The molecule has 10 N–H and O–H groups in total. The van der Waals surface area contributed by atoms with Crippen molar-refractivity contribution in [3.05, 3.63) is 192 Å². The number of halogens is 4. The third-order valence-electron chi connectivity index (χ3n) is 24.1. The van der Waals surface area contributed by atoms with Gasteiger partial charge in [-0.15, -0.1) is 0 Å². The molecule has 6 aromatic rings. The van der Waals surface area contributed by atoms with Crippen LogP contribution in [0.25, 0.3) is 0 Å². The molecule has 14 rings (SSSR count). The van der Waals surface area contributed by atoms with Crippen molar-refractivity contribution >= 4 is 94.1 Å². The molecule has 36 heteroatoms. The number of amides is 16. The molecular weight excluding hydrogens is 1640 g/mol. The topological polar surface area (TPSA) is 386 Å². The van der Waals surface area contributed by atoms with E-state index in [-0.39, 0.29) is 110 Å². The molecule has 0 saturated carbocycles. The predicted molar refractivity (Wildman–Crippen MR) is 458 cm³/mol. The number of benzene rings is 6. The van der Waals surface area contributed by atoms with Crippen LogP contribution in [0, 0.1) is 46.9 Å². The van der Waals surface area contributed by atoms with E-state index in [4.69, 9.17) is 9.47 Å². The molecule has 676 valence electrons. The zero-order valence-electron chi connectivity index (χ0n) is 71.9. The van der Waals surface area contributed by atoms with E-state index in [2.05, 4.69) is 52.3 Å². The minimum absolute atomic E-state index is 0.0123. The van der Waals surface area contributed by atoms with E-state index in [1.54, 1.807) is 57.7 Å². The molecule has 32 nitrogen and oxygen atoms in total. The summed E-state index contributed by atoms with van der Waals surface area (Å²) in [5, 5.41) is 38.6. The molecule has 0 aliphatic carbocycles. The number of carbonyl (C=O) groups excluding carboxylic acids is 12. The number of rotatable bonds is 26. The number of carbonyl (C=O) groups is 12. The molecule has 8 aliphatic heterocycles. The van der Waals surface area contributed by atoms with E-state index in [1.165, 1.54) is 62.4 Å². The maximum atomic E-state index is 13.7. The zero-order chi connectivity index (χ0) is 91.0. The van der Waals surface area contributed by atoms with Gasteiger partial charge >= 0.3 is 24.1 Å². The fourth-order valence-corrected chi connectivity index (χ4v) is 17.4. The van der Waals surface area contributed by atoms with Gasteiger partial charge in [-0.05, 0) is 165 Å². The monoisotopic (exact) mass is 1750 g/mol. The van der Waals surface area contributed by atoms with Crippen molar-refractivity contribution in [3.8, 4) is 0 Å². The summed E-state index contributed by atoms with van der Waals surface area (Å²) in [5.41, 5.74) is 0.209. The summed E-state index contributed by atoms with van der Waals surface area (Å²) in [6, 6.07) is 42.4. The largest absolute Gasteiger partial charge is 0.396 e. The summed E-state index contributed by atoms with van der Waals surface area (Å²) in [4.78, 5) is 163. The lowest BCUT2D eigenvalue weighted by Gasteiger charge is -2.42. The average molecular weight is 1750 g/mol. The normalized spacial score (nSPS) is 24.4. The van der Waals surface area contributed by atoms with Crippen molar-refractivity contribution in [2.24, 2.45) is 23.7 Å². The molecule has 8 heterocycles. The van der Waals surface area contributed by atoms with Crippen molar-refractivity contribution in [2.45, 2.75) is 141 Å². The van der Waals surface area contributed by atoms with E-state index in [0.717, 1.165) is 33.9 Å². The van der Waals surface area contributed by atoms with Crippen molar-refractivity contribution in [1.29, 1.82) is 0 Å². The van der Waals surface area contributed by atoms with Gasteiger partial charge in [-0.1, -0.05) is 84.9 Å². The first-order valence-corrected chi connectivity index (χ1v) is 42.2. The number of nitrogens with zero attached hydrogens (tertiary/aromatic N) is 8. The molecule has 0 spiro atoms. The highest BCUT2D eigenvalue weighted by atomic mass is 19.1. The molecule has 0 aromatic heterocycles. The zero-order valence-corrected chi connectivity index (χ0v) is 71.9. The summed E-state index contributed by atoms with van der Waals surface area (Å²) in [7, 11) is 0. The molecule has 0 unspecified atom stereocenters. The first kappa shape index (κ1) is 94.4. The number of aliphatic hydroxyl groups excluding tert-OH is 2. The van der Waals surface area contributed by atoms with Crippen LogP contribution < -0.4 is 62.1 Å². The SMILES string of the molecule is C[C@H]1CN(C(=O)[C@@H](CO)C[C@@]2(C)NC(=O)NC2=O)CCN1c1cccc(F)c1.C[C@H]1CN(C(=O)[C@@H](COCc2ccccc2)C[C@@]2(C)NC(=O)NC2=O)CCN1c1cccc(F)c1.C[C@H]1CN(C(=O)[C@H](CO)C[C@]2(C)NC(=O)NC2=O)CCN1c1cccc(F)c1.C[C@H]1CN(C(=O)[C@H](COCc2ccccc2)C[C@]2(C)NC(=O)NC2=O)CCN1c1cccc(F)c1. The van der Waals surface area contributed by atoms with E-state index in [9.17, 15) is 85.3 Å². The lowest BCUT2D eigenvalue weighted by Crippen LogP contribution is -2.56. The number of aliphatic hydroxyl groups is 2. The summed E-state index contributed by atoms with van der Waals surface area (Å²) in [5.74, 6) is -6.76. The van der Waals surface area contributed by atoms with Gasteiger partial charge in [-0.25, -0.2) is 36.7 Å². The van der Waals surface area contributed by atoms with Gasteiger partial charge in [0.1, 0.15) is 45.4 Å².